The van der Waals surface area contributed by atoms with Gasteiger partial charge in [-0.3, -0.25) is 0 Å². The van der Waals surface area contributed by atoms with E-state index in [2.05, 4.69) is 34.8 Å². The first-order valence-electron chi connectivity index (χ1n) is 4.34. The van der Waals surface area contributed by atoms with Gasteiger partial charge >= 0.3 is 0 Å². The molecule has 1 atom stereocenters. The van der Waals surface area contributed by atoms with Gasteiger partial charge in [0.15, 0.2) is 0 Å². The number of ether oxygens (including phenoxy) is 1. The molecule has 14 heavy (non-hydrogen) atoms. The zero-order valence-electron chi connectivity index (χ0n) is 8.18. The Morgan fingerprint density at radius 1 is 1.57 bits per heavy atom. The van der Waals surface area contributed by atoms with Gasteiger partial charge in [0.1, 0.15) is 0 Å². The third kappa shape index (κ3) is 3.63. The van der Waals surface area contributed by atoms with E-state index >= 15 is 0 Å². The van der Waals surface area contributed by atoms with E-state index in [0.29, 0.717) is 6.61 Å². The summed E-state index contributed by atoms with van der Waals surface area (Å²) in [6.07, 6.45) is 0. The van der Waals surface area contributed by atoms with Crippen LogP contribution in [0.4, 0.5) is 5.69 Å². The molecule has 1 aromatic carbocycles. The van der Waals surface area contributed by atoms with Crippen molar-refractivity contribution >= 4 is 39.9 Å². The minimum absolute atomic E-state index is 0.260. The largest absolute Gasteiger partial charge is 0.383 e. The molecule has 0 amide bonds. The van der Waals surface area contributed by atoms with E-state index in [-0.39, 0.29) is 6.04 Å². The Hall–Kier alpha value is -0.0000000000000000555. The van der Waals surface area contributed by atoms with Crippen LogP contribution >= 0.6 is 34.2 Å². The molecule has 0 spiro atoms. The summed E-state index contributed by atoms with van der Waals surface area (Å²) in [6, 6.07) is 6.16. The third-order valence-electron chi connectivity index (χ3n) is 1.75. The Balaban J connectivity index is 2.70. The molecule has 0 heterocycles. The van der Waals surface area contributed by atoms with Crippen molar-refractivity contribution in [2.75, 3.05) is 19.0 Å². The van der Waals surface area contributed by atoms with Crippen LogP contribution in [0.1, 0.15) is 6.92 Å². The maximum atomic E-state index is 6.03. The van der Waals surface area contributed by atoms with E-state index in [9.17, 15) is 0 Å². The fraction of sp³-hybridized carbons (Fsp3) is 0.400. The van der Waals surface area contributed by atoms with E-state index in [0.717, 1.165) is 10.7 Å². The van der Waals surface area contributed by atoms with Crippen LogP contribution in [0.3, 0.4) is 0 Å². The van der Waals surface area contributed by atoms with Gasteiger partial charge in [0, 0.05) is 16.7 Å². The van der Waals surface area contributed by atoms with Crippen molar-refractivity contribution < 1.29 is 4.74 Å². The number of halogens is 2. The summed E-state index contributed by atoms with van der Waals surface area (Å²) in [5.41, 5.74) is 0.961. The summed E-state index contributed by atoms with van der Waals surface area (Å²) in [6.45, 7) is 2.72. The Morgan fingerprint density at radius 3 is 2.93 bits per heavy atom. The summed E-state index contributed by atoms with van der Waals surface area (Å²) < 4.78 is 6.20. The number of anilines is 1. The first-order chi connectivity index (χ1) is 6.63. The average Bonchev–Trinajstić information content (AvgIpc) is 2.12. The van der Waals surface area contributed by atoms with Crippen LogP contribution < -0.4 is 5.32 Å². The summed E-state index contributed by atoms with van der Waals surface area (Å²) in [5, 5.41) is 4.03. The lowest BCUT2D eigenvalue weighted by Crippen LogP contribution is -2.20. The Morgan fingerprint density at radius 2 is 2.29 bits per heavy atom. The smallest absolute Gasteiger partial charge is 0.0661 e. The molecular formula is C10H13ClINO. The second-order valence-corrected chi connectivity index (χ2v) is 4.78. The van der Waals surface area contributed by atoms with E-state index < -0.39 is 0 Å². The zero-order valence-corrected chi connectivity index (χ0v) is 11.1. The van der Waals surface area contributed by atoms with Crippen LogP contribution in [0.5, 0.6) is 0 Å². The molecule has 1 N–H and O–H groups in total. The fourth-order valence-corrected chi connectivity index (χ4v) is 1.83. The highest BCUT2D eigenvalue weighted by Crippen LogP contribution is 2.24. The van der Waals surface area contributed by atoms with Crippen molar-refractivity contribution in [1.29, 1.82) is 0 Å². The number of methoxy groups -OCH3 is 1. The number of nitrogens with one attached hydrogen (secondary N) is 1. The minimum Gasteiger partial charge on any atom is -0.383 e. The van der Waals surface area contributed by atoms with Gasteiger partial charge in [-0.2, -0.15) is 0 Å². The molecular weight excluding hydrogens is 312 g/mol. The van der Waals surface area contributed by atoms with Gasteiger partial charge < -0.3 is 10.1 Å². The molecule has 1 unspecified atom stereocenters. The molecule has 0 radical (unpaired) electrons. The lowest BCUT2D eigenvalue weighted by molar-refractivity contribution is 0.190. The standard InChI is InChI=1S/C10H13ClINO/c1-7(6-14-2)13-10-5-8(12)3-4-9(10)11/h3-5,7,13H,6H2,1-2H3. The number of benzene rings is 1. The highest BCUT2D eigenvalue weighted by molar-refractivity contribution is 14.1. The van der Waals surface area contributed by atoms with Gasteiger partial charge in [-0.1, -0.05) is 11.6 Å². The number of hydrogen-bond acceptors (Lipinski definition) is 2. The zero-order chi connectivity index (χ0) is 10.6. The topological polar surface area (TPSA) is 21.3 Å². The SMILES string of the molecule is COCC(C)Nc1cc(I)ccc1Cl. The Labute approximate surface area is 103 Å². The summed E-state index contributed by atoms with van der Waals surface area (Å²) >= 11 is 8.29. The minimum atomic E-state index is 0.260. The summed E-state index contributed by atoms with van der Waals surface area (Å²) in [4.78, 5) is 0. The fourth-order valence-electron chi connectivity index (χ4n) is 1.17. The molecule has 78 valence electrons. The molecule has 1 rings (SSSR count). The number of rotatable bonds is 4. The molecule has 0 bridgehead atoms. The van der Waals surface area contributed by atoms with Gasteiger partial charge in [0.2, 0.25) is 0 Å². The molecule has 2 nitrogen and oxygen atoms in total. The lowest BCUT2D eigenvalue weighted by atomic mass is 10.3. The van der Waals surface area contributed by atoms with Crippen molar-refractivity contribution in [1.82, 2.24) is 0 Å². The van der Waals surface area contributed by atoms with E-state index in [1.165, 1.54) is 3.57 Å². The maximum Gasteiger partial charge on any atom is 0.0661 e. The highest BCUT2D eigenvalue weighted by Gasteiger charge is 2.05. The van der Waals surface area contributed by atoms with Gasteiger partial charge in [0.25, 0.3) is 0 Å². The van der Waals surface area contributed by atoms with Crippen LogP contribution in [-0.4, -0.2) is 19.8 Å². The average molecular weight is 326 g/mol. The quantitative estimate of drug-likeness (QED) is 0.857. The molecule has 0 saturated carbocycles. The first kappa shape index (κ1) is 12.1. The van der Waals surface area contributed by atoms with Crippen molar-refractivity contribution in [2.24, 2.45) is 0 Å². The van der Waals surface area contributed by atoms with Gasteiger partial charge in [0.05, 0.1) is 17.3 Å². The van der Waals surface area contributed by atoms with Crippen LogP contribution in [0, 0.1) is 3.57 Å². The molecule has 0 aliphatic carbocycles. The van der Waals surface area contributed by atoms with Crippen LogP contribution in [0.25, 0.3) is 0 Å². The molecule has 1 aromatic rings. The number of hydrogen-bond donors (Lipinski definition) is 1. The molecule has 0 aliphatic heterocycles. The predicted octanol–water partition coefficient (Wildman–Crippen LogP) is 3.39. The predicted molar refractivity (Wildman–Crippen MR) is 69.1 cm³/mol. The monoisotopic (exact) mass is 325 g/mol. The van der Waals surface area contributed by atoms with E-state index in [1.54, 1.807) is 7.11 Å². The lowest BCUT2D eigenvalue weighted by Gasteiger charge is -2.15. The van der Waals surface area contributed by atoms with Crippen molar-refractivity contribution in [2.45, 2.75) is 13.0 Å². The Kier molecular flexibility index (Phi) is 4.98. The highest BCUT2D eigenvalue weighted by atomic mass is 127. The van der Waals surface area contributed by atoms with E-state index in [1.807, 2.05) is 18.2 Å². The maximum absolute atomic E-state index is 6.03. The van der Waals surface area contributed by atoms with Crippen LogP contribution in [0.15, 0.2) is 18.2 Å². The first-order valence-corrected chi connectivity index (χ1v) is 5.79. The van der Waals surface area contributed by atoms with Crippen molar-refractivity contribution in [3.63, 3.8) is 0 Å². The Bertz CT molecular complexity index is 306. The summed E-state index contributed by atoms with van der Waals surface area (Å²) in [5.74, 6) is 0. The van der Waals surface area contributed by atoms with Crippen LogP contribution in [-0.2, 0) is 4.74 Å². The molecule has 0 fully saturated rings. The van der Waals surface area contributed by atoms with Gasteiger partial charge in [-0.05, 0) is 47.7 Å². The summed E-state index contributed by atoms with van der Waals surface area (Å²) in [7, 11) is 1.69. The van der Waals surface area contributed by atoms with Crippen molar-refractivity contribution in [3.8, 4) is 0 Å². The molecule has 0 saturated heterocycles. The van der Waals surface area contributed by atoms with E-state index in [4.69, 9.17) is 16.3 Å². The van der Waals surface area contributed by atoms with Gasteiger partial charge in [-0.25, -0.2) is 0 Å². The second-order valence-electron chi connectivity index (χ2n) is 3.12. The van der Waals surface area contributed by atoms with Gasteiger partial charge in [-0.15, -0.1) is 0 Å². The molecule has 0 aromatic heterocycles. The second kappa shape index (κ2) is 5.78. The normalized spacial score (nSPS) is 12.6. The molecule has 4 heteroatoms. The third-order valence-corrected chi connectivity index (χ3v) is 2.75. The van der Waals surface area contributed by atoms with Crippen molar-refractivity contribution in [3.05, 3.63) is 26.8 Å². The molecule has 0 aliphatic rings. The van der Waals surface area contributed by atoms with Crippen LogP contribution in [0.2, 0.25) is 5.02 Å².